The number of methoxy groups -OCH3 is 1. The summed E-state index contributed by atoms with van der Waals surface area (Å²) in [6, 6.07) is 3.51. The second-order valence-electron chi connectivity index (χ2n) is 5.21. The third kappa shape index (κ3) is 4.51. The lowest BCUT2D eigenvalue weighted by Crippen LogP contribution is -2.49. The Bertz CT molecular complexity index is 529. The van der Waals surface area contributed by atoms with Gasteiger partial charge >= 0.3 is 12.1 Å². The van der Waals surface area contributed by atoms with Gasteiger partial charge in [-0.05, 0) is 31.9 Å². The van der Waals surface area contributed by atoms with E-state index < -0.39 is 0 Å². The normalized spacial score (nSPS) is 17.0. The Morgan fingerprint density at radius 1 is 1.41 bits per heavy atom. The Kier molecular flexibility index (Phi) is 5.90. The second-order valence-corrected chi connectivity index (χ2v) is 6.96. The zero-order valence-electron chi connectivity index (χ0n) is 12.6. The van der Waals surface area contributed by atoms with Crippen molar-refractivity contribution in [3.63, 3.8) is 0 Å². The van der Waals surface area contributed by atoms with Crippen molar-refractivity contribution in [3.8, 4) is 0 Å². The molecule has 1 saturated heterocycles. The van der Waals surface area contributed by atoms with E-state index in [1.54, 1.807) is 4.90 Å². The molecule has 2 N–H and O–H groups in total. The van der Waals surface area contributed by atoms with Crippen LogP contribution in [0.4, 0.5) is 9.59 Å². The summed E-state index contributed by atoms with van der Waals surface area (Å²) in [6.45, 7) is 3.10. The predicted molar refractivity (Wildman–Crippen MR) is 86.4 cm³/mol. The largest absolute Gasteiger partial charge is 0.453 e. The van der Waals surface area contributed by atoms with Crippen LogP contribution in [0.2, 0.25) is 4.34 Å². The first-order valence-corrected chi connectivity index (χ1v) is 8.34. The molecule has 0 saturated carbocycles. The van der Waals surface area contributed by atoms with E-state index in [0.717, 1.165) is 17.7 Å². The van der Waals surface area contributed by atoms with Crippen molar-refractivity contribution in [2.24, 2.45) is 0 Å². The van der Waals surface area contributed by atoms with E-state index in [-0.39, 0.29) is 24.2 Å². The third-order valence-electron chi connectivity index (χ3n) is 3.63. The van der Waals surface area contributed by atoms with Gasteiger partial charge in [-0.15, -0.1) is 11.3 Å². The van der Waals surface area contributed by atoms with Gasteiger partial charge in [0.05, 0.1) is 17.5 Å². The van der Waals surface area contributed by atoms with Crippen LogP contribution in [-0.4, -0.2) is 43.3 Å². The summed E-state index contributed by atoms with van der Waals surface area (Å²) in [6.07, 6.45) is 1.13. The zero-order valence-corrected chi connectivity index (χ0v) is 14.2. The van der Waals surface area contributed by atoms with Crippen LogP contribution >= 0.6 is 22.9 Å². The standard InChI is InChI=1S/C14H20ClN3O3S/c1-9(11-3-4-12(15)22-11)16-13(19)17-10-5-7-18(8-6-10)14(20)21-2/h3-4,9-10H,5-8H2,1-2H3,(H2,16,17,19)/t9-/m0/s1. The molecule has 0 bridgehead atoms. The number of nitrogens with zero attached hydrogens (tertiary/aromatic N) is 1. The first kappa shape index (κ1) is 16.9. The molecule has 1 atom stereocenters. The van der Waals surface area contributed by atoms with Crippen LogP contribution in [0.15, 0.2) is 12.1 Å². The maximum Gasteiger partial charge on any atom is 0.409 e. The summed E-state index contributed by atoms with van der Waals surface area (Å²) in [4.78, 5) is 26.1. The van der Waals surface area contributed by atoms with Crippen LogP contribution in [0.25, 0.3) is 0 Å². The van der Waals surface area contributed by atoms with Gasteiger partial charge in [-0.25, -0.2) is 9.59 Å². The Balaban J connectivity index is 1.75. The van der Waals surface area contributed by atoms with Gasteiger partial charge in [-0.2, -0.15) is 0 Å². The molecular weight excluding hydrogens is 326 g/mol. The van der Waals surface area contributed by atoms with Crippen LogP contribution in [0.5, 0.6) is 0 Å². The third-order valence-corrected chi connectivity index (χ3v) is 5.05. The summed E-state index contributed by atoms with van der Waals surface area (Å²) in [5.74, 6) is 0. The Morgan fingerprint density at radius 2 is 2.09 bits per heavy atom. The van der Waals surface area contributed by atoms with E-state index in [2.05, 4.69) is 15.4 Å². The first-order chi connectivity index (χ1) is 10.5. The average molecular weight is 346 g/mol. The highest BCUT2D eigenvalue weighted by molar-refractivity contribution is 7.16. The minimum Gasteiger partial charge on any atom is -0.453 e. The number of halogens is 1. The van der Waals surface area contributed by atoms with E-state index in [0.29, 0.717) is 17.4 Å². The van der Waals surface area contributed by atoms with Crippen LogP contribution in [0, 0.1) is 0 Å². The van der Waals surface area contributed by atoms with Crippen molar-refractivity contribution in [1.82, 2.24) is 15.5 Å². The highest BCUT2D eigenvalue weighted by atomic mass is 35.5. The second kappa shape index (κ2) is 7.69. The van der Waals surface area contributed by atoms with Crippen LogP contribution < -0.4 is 10.6 Å². The molecule has 6 nitrogen and oxygen atoms in total. The van der Waals surface area contributed by atoms with Crippen LogP contribution in [-0.2, 0) is 4.74 Å². The van der Waals surface area contributed by atoms with E-state index in [4.69, 9.17) is 11.6 Å². The fourth-order valence-electron chi connectivity index (χ4n) is 2.39. The molecule has 122 valence electrons. The topological polar surface area (TPSA) is 70.7 Å². The van der Waals surface area contributed by atoms with Crippen LogP contribution in [0.3, 0.4) is 0 Å². The minimum atomic E-state index is -0.314. The van der Waals surface area contributed by atoms with E-state index in [9.17, 15) is 9.59 Å². The van der Waals surface area contributed by atoms with E-state index >= 15 is 0 Å². The summed E-state index contributed by atoms with van der Waals surface area (Å²) in [5, 5.41) is 5.85. The van der Waals surface area contributed by atoms with Crippen molar-refractivity contribution in [1.29, 1.82) is 0 Å². The predicted octanol–water partition coefficient (Wildman–Crippen LogP) is 2.99. The van der Waals surface area contributed by atoms with Crippen LogP contribution in [0.1, 0.15) is 30.7 Å². The molecule has 0 aliphatic carbocycles. The lowest BCUT2D eigenvalue weighted by atomic mass is 10.1. The number of rotatable bonds is 3. The lowest BCUT2D eigenvalue weighted by molar-refractivity contribution is 0.110. The molecule has 1 aliphatic heterocycles. The number of likely N-dealkylation sites (tertiary alicyclic amines) is 1. The first-order valence-electron chi connectivity index (χ1n) is 7.14. The smallest absolute Gasteiger partial charge is 0.409 e. The monoisotopic (exact) mass is 345 g/mol. The number of hydrogen-bond acceptors (Lipinski definition) is 4. The van der Waals surface area contributed by atoms with E-state index in [1.807, 2.05) is 19.1 Å². The SMILES string of the molecule is COC(=O)N1CCC(NC(=O)N[C@@H](C)c2ccc(Cl)s2)CC1. The highest BCUT2D eigenvalue weighted by Gasteiger charge is 2.24. The van der Waals surface area contributed by atoms with Crippen molar-refractivity contribution >= 4 is 35.1 Å². The minimum absolute atomic E-state index is 0.0695. The molecule has 8 heteroatoms. The van der Waals surface area contributed by atoms with Gasteiger partial charge in [-0.3, -0.25) is 0 Å². The summed E-state index contributed by atoms with van der Waals surface area (Å²) in [5.41, 5.74) is 0. The fourth-order valence-corrected chi connectivity index (χ4v) is 3.45. The highest BCUT2D eigenvalue weighted by Crippen LogP contribution is 2.26. The van der Waals surface area contributed by atoms with E-state index in [1.165, 1.54) is 18.4 Å². The number of thiophene rings is 1. The molecule has 3 amide bonds. The van der Waals surface area contributed by atoms with Crippen molar-refractivity contribution in [2.45, 2.75) is 31.8 Å². The van der Waals surface area contributed by atoms with Gasteiger partial charge in [0.25, 0.3) is 0 Å². The Morgan fingerprint density at radius 3 is 2.64 bits per heavy atom. The summed E-state index contributed by atoms with van der Waals surface area (Å²) < 4.78 is 5.39. The lowest BCUT2D eigenvalue weighted by Gasteiger charge is -2.31. The number of amides is 3. The molecule has 2 heterocycles. The molecule has 1 aromatic heterocycles. The van der Waals surface area contributed by atoms with Gasteiger partial charge in [0.2, 0.25) is 0 Å². The number of carbonyl (C=O) groups is 2. The number of piperidine rings is 1. The van der Waals surface area contributed by atoms with Crippen molar-refractivity contribution < 1.29 is 14.3 Å². The molecular formula is C14H20ClN3O3S. The van der Waals surface area contributed by atoms with Gasteiger partial charge in [0.1, 0.15) is 0 Å². The molecule has 22 heavy (non-hydrogen) atoms. The zero-order chi connectivity index (χ0) is 16.1. The Hall–Kier alpha value is -1.47. The average Bonchev–Trinajstić information content (AvgIpc) is 2.94. The maximum atomic E-state index is 12.0. The molecule has 0 aromatic carbocycles. The number of nitrogens with one attached hydrogen (secondary N) is 2. The number of hydrogen-bond donors (Lipinski definition) is 2. The fraction of sp³-hybridized carbons (Fsp3) is 0.571. The van der Waals surface area contributed by atoms with Crippen molar-refractivity contribution in [3.05, 3.63) is 21.3 Å². The molecule has 1 fully saturated rings. The summed E-state index contributed by atoms with van der Waals surface area (Å²) in [7, 11) is 1.37. The van der Waals surface area contributed by atoms with Gasteiger partial charge < -0.3 is 20.3 Å². The molecule has 1 aliphatic rings. The number of urea groups is 1. The Labute approximate surface area is 138 Å². The number of ether oxygens (including phenoxy) is 1. The van der Waals surface area contributed by atoms with Crippen molar-refractivity contribution in [2.75, 3.05) is 20.2 Å². The molecule has 0 unspecified atom stereocenters. The molecule has 0 radical (unpaired) electrons. The van der Waals surface area contributed by atoms with Gasteiger partial charge in [0.15, 0.2) is 0 Å². The van der Waals surface area contributed by atoms with Gasteiger partial charge in [0, 0.05) is 24.0 Å². The number of carbonyl (C=O) groups excluding carboxylic acids is 2. The molecule has 1 aromatic rings. The van der Waals surface area contributed by atoms with Gasteiger partial charge in [-0.1, -0.05) is 11.6 Å². The summed E-state index contributed by atoms with van der Waals surface area (Å²) >= 11 is 7.35. The maximum absolute atomic E-state index is 12.0. The molecule has 0 spiro atoms. The molecule has 2 rings (SSSR count). The quantitative estimate of drug-likeness (QED) is 0.884.